The number of ether oxygens (including phenoxy) is 11. The minimum absolute atomic E-state index is 0.218. The monoisotopic (exact) mass is 778 g/mol. The number of carbonyl (C=O) groups excluding carboxylic acids is 3. The van der Waals surface area contributed by atoms with Crippen molar-refractivity contribution in [1.29, 1.82) is 0 Å². The first-order chi connectivity index (χ1) is 26.8. The third-order valence-corrected chi connectivity index (χ3v) is 9.31. The summed E-state index contributed by atoms with van der Waals surface area (Å²) in [6, 6.07) is 10.2. The van der Waals surface area contributed by atoms with E-state index in [1.165, 1.54) is 39.6 Å². The highest BCUT2D eigenvalue weighted by atomic mass is 16.8. The molecule has 302 valence electrons. The van der Waals surface area contributed by atoms with Gasteiger partial charge in [-0.15, -0.1) is 0 Å². The van der Waals surface area contributed by atoms with Crippen molar-refractivity contribution in [1.82, 2.24) is 0 Å². The molecule has 14 nitrogen and oxygen atoms in total. The Morgan fingerprint density at radius 3 is 1.77 bits per heavy atom. The molecule has 1 aliphatic carbocycles. The highest BCUT2D eigenvalue weighted by Crippen LogP contribution is 2.47. The molecule has 1 saturated heterocycles. The summed E-state index contributed by atoms with van der Waals surface area (Å²) in [6.07, 6.45) is 6.35. The number of carbonyl (C=O) groups is 3. The van der Waals surface area contributed by atoms with Crippen LogP contribution in [0.1, 0.15) is 37.8 Å². The fraction of sp³-hybridized carbons (Fsp3) is 0.405. The van der Waals surface area contributed by atoms with Crippen molar-refractivity contribution in [3.05, 3.63) is 97.6 Å². The van der Waals surface area contributed by atoms with Gasteiger partial charge in [0.2, 0.25) is 17.2 Å². The van der Waals surface area contributed by atoms with E-state index in [0.717, 1.165) is 13.2 Å². The Kier molecular flexibility index (Phi) is 15.0. The molecule has 0 bridgehead atoms. The summed E-state index contributed by atoms with van der Waals surface area (Å²) in [6.45, 7) is 15.0. The number of esters is 3. The second kappa shape index (κ2) is 19.4. The first-order valence-electron chi connectivity index (χ1n) is 17.7. The van der Waals surface area contributed by atoms with E-state index in [9.17, 15) is 14.4 Å². The van der Waals surface area contributed by atoms with Gasteiger partial charge in [0.15, 0.2) is 23.0 Å². The maximum atomic E-state index is 13.6. The summed E-state index contributed by atoms with van der Waals surface area (Å²) in [5.41, 5.74) is -0.814. The van der Waals surface area contributed by atoms with E-state index in [0.29, 0.717) is 34.1 Å². The van der Waals surface area contributed by atoms with Crippen LogP contribution in [0.3, 0.4) is 0 Å². The minimum Gasteiger partial charge on any atom is -0.493 e. The van der Waals surface area contributed by atoms with Gasteiger partial charge in [0.05, 0.1) is 20.3 Å². The molecule has 1 heterocycles. The van der Waals surface area contributed by atoms with Crippen molar-refractivity contribution in [3.63, 3.8) is 0 Å². The van der Waals surface area contributed by atoms with Crippen molar-refractivity contribution >= 4 is 30.1 Å². The maximum absolute atomic E-state index is 13.6. The van der Waals surface area contributed by atoms with Crippen molar-refractivity contribution in [2.45, 2.75) is 62.2 Å². The number of fused-ring (bicyclic) bond motifs is 1. The number of rotatable bonds is 19. The lowest BCUT2D eigenvalue weighted by Gasteiger charge is -2.56. The van der Waals surface area contributed by atoms with Crippen LogP contribution < -0.4 is 18.9 Å². The van der Waals surface area contributed by atoms with Gasteiger partial charge in [0, 0.05) is 39.2 Å². The molecule has 0 unspecified atom stereocenters. The Hall–Kier alpha value is -5.41. The smallest absolute Gasteiger partial charge is 0.350 e. The Labute approximate surface area is 327 Å². The normalized spacial score (nSPS) is 25.7. The molecule has 1 saturated carbocycles. The van der Waals surface area contributed by atoms with Crippen LogP contribution in [0, 0.1) is 0 Å². The van der Waals surface area contributed by atoms with E-state index in [-0.39, 0.29) is 32.7 Å². The summed E-state index contributed by atoms with van der Waals surface area (Å²) in [4.78, 5) is 40.6. The zero-order valence-corrected chi connectivity index (χ0v) is 32.6. The van der Waals surface area contributed by atoms with Gasteiger partial charge < -0.3 is 52.1 Å². The molecule has 0 spiro atoms. The average Bonchev–Trinajstić information content (AvgIpc) is 3.20. The highest BCUT2D eigenvalue weighted by molar-refractivity contribution is 5.91. The molecule has 2 aliphatic rings. The highest BCUT2D eigenvalue weighted by Gasteiger charge is 2.64. The second-order valence-electron chi connectivity index (χ2n) is 12.9. The second-order valence-corrected chi connectivity index (χ2v) is 12.9. The maximum Gasteiger partial charge on any atom is 0.350 e. The quantitative estimate of drug-likeness (QED) is 0.0732. The summed E-state index contributed by atoms with van der Waals surface area (Å²) in [7, 11) is 5.48. The SMILES string of the molecule is C=CCOc1ccc(/C=C/C(=O)O[C@H]2C[C@@](OC(=O)/C=C/c3ccc(OCC=C)c(OCC=C)c3)(C(=O)OC)C[C@H]3O[C@](C)(OC)[C@@](C)(OC)O[C@H]23)cc1OC. The van der Waals surface area contributed by atoms with Gasteiger partial charge in [-0.1, -0.05) is 50.1 Å². The molecule has 0 N–H and O–H groups in total. The van der Waals surface area contributed by atoms with E-state index in [4.69, 9.17) is 52.1 Å². The first-order valence-corrected chi connectivity index (χ1v) is 17.7. The van der Waals surface area contributed by atoms with E-state index in [1.807, 2.05) is 0 Å². The molecule has 56 heavy (non-hydrogen) atoms. The lowest BCUT2D eigenvalue weighted by Crippen LogP contribution is -2.71. The van der Waals surface area contributed by atoms with Crippen molar-refractivity contribution in [2.75, 3.05) is 48.3 Å². The predicted molar refractivity (Wildman–Crippen MR) is 205 cm³/mol. The van der Waals surface area contributed by atoms with Crippen molar-refractivity contribution < 1.29 is 66.5 Å². The van der Waals surface area contributed by atoms with Gasteiger partial charge in [0.1, 0.15) is 32.0 Å². The fourth-order valence-corrected chi connectivity index (χ4v) is 6.24. The van der Waals surface area contributed by atoms with Gasteiger partial charge in [0.25, 0.3) is 0 Å². The Morgan fingerprint density at radius 2 is 1.23 bits per heavy atom. The van der Waals surface area contributed by atoms with E-state index in [1.54, 1.807) is 68.5 Å². The zero-order chi connectivity index (χ0) is 40.9. The van der Waals surface area contributed by atoms with Crippen molar-refractivity contribution in [3.8, 4) is 23.0 Å². The molecule has 4 rings (SSSR count). The Bertz CT molecular complexity index is 1800. The largest absolute Gasteiger partial charge is 0.493 e. The molecule has 1 aliphatic heterocycles. The zero-order valence-electron chi connectivity index (χ0n) is 32.6. The molecule has 0 aromatic heterocycles. The summed E-state index contributed by atoms with van der Waals surface area (Å²) < 4.78 is 63.7. The molecular weight excluding hydrogens is 728 g/mol. The lowest BCUT2D eigenvalue weighted by atomic mass is 9.77. The topological polar surface area (TPSA) is 153 Å². The van der Waals surface area contributed by atoms with Crippen molar-refractivity contribution in [2.24, 2.45) is 0 Å². The van der Waals surface area contributed by atoms with Gasteiger partial charge in [-0.3, -0.25) is 0 Å². The van der Waals surface area contributed by atoms with Crippen LogP contribution in [0.25, 0.3) is 12.2 Å². The Balaban J connectivity index is 1.64. The van der Waals surface area contributed by atoms with Gasteiger partial charge in [-0.05, 0) is 61.4 Å². The van der Waals surface area contributed by atoms with Crippen LogP contribution in [0.4, 0.5) is 0 Å². The van der Waals surface area contributed by atoms with Crippen LogP contribution in [-0.4, -0.2) is 102 Å². The lowest BCUT2D eigenvalue weighted by molar-refractivity contribution is -0.460. The van der Waals surface area contributed by atoms with E-state index < -0.39 is 53.4 Å². The average molecular weight is 779 g/mol. The molecular formula is C42H50O14. The van der Waals surface area contributed by atoms with Gasteiger partial charge >= 0.3 is 17.9 Å². The van der Waals surface area contributed by atoms with Crippen LogP contribution in [-0.2, 0) is 47.5 Å². The molecule has 2 fully saturated rings. The molecule has 14 heteroatoms. The molecule has 0 amide bonds. The first kappa shape index (κ1) is 43.3. The van der Waals surface area contributed by atoms with Crippen LogP contribution in [0.2, 0.25) is 0 Å². The third kappa shape index (κ3) is 10.1. The molecule has 6 atom stereocenters. The van der Waals surface area contributed by atoms with Crippen LogP contribution >= 0.6 is 0 Å². The number of benzene rings is 2. The van der Waals surface area contributed by atoms with Gasteiger partial charge in [-0.2, -0.15) is 0 Å². The Morgan fingerprint density at radius 1 is 0.714 bits per heavy atom. The molecule has 2 aromatic carbocycles. The van der Waals surface area contributed by atoms with E-state index in [2.05, 4.69) is 19.7 Å². The predicted octanol–water partition coefficient (Wildman–Crippen LogP) is 5.79. The summed E-state index contributed by atoms with van der Waals surface area (Å²) >= 11 is 0. The number of methoxy groups -OCH3 is 4. The van der Waals surface area contributed by atoms with Crippen LogP contribution in [0.15, 0.2) is 86.5 Å². The number of hydrogen-bond donors (Lipinski definition) is 0. The standard InChI is InChI=1S/C42H50O14/c1-10-21-50-30-17-13-28(24-32(30)46-6)15-19-36(43)53-34-26-42(39(45)47-7,27-35-38(34)56-41(5,49-9)40(4,48-8)54-35)55-37(44)20-16-29-14-18-31(51-22-11-2)33(25-29)52-23-12-3/h10-20,24-25,34-35,38H,1-3,21-23,26-27H2,4-9H3/b19-15+,20-16+/t34-,35+,38+,40-,41-,42-/m0/s1. The number of hydrogen-bond acceptors (Lipinski definition) is 14. The summed E-state index contributed by atoms with van der Waals surface area (Å²) in [5.74, 6) is -3.74. The van der Waals surface area contributed by atoms with Gasteiger partial charge in [-0.25, -0.2) is 14.4 Å². The molecule has 2 aromatic rings. The minimum atomic E-state index is -1.99. The van der Waals surface area contributed by atoms with Crippen LogP contribution in [0.5, 0.6) is 23.0 Å². The van der Waals surface area contributed by atoms with E-state index >= 15 is 0 Å². The summed E-state index contributed by atoms with van der Waals surface area (Å²) in [5, 5.41) is 0. The molecule has 0 radical (unpaired) electrons. The third-order valence-electron chi connectivity index (χ3n) is 9.31. The fourth-order valence-electron chi connectivity index (χ4n) is 6.24.